The van der Waals surface area contributed by atoms with Crippen molar-refractivity contribution in [1.29, 1.82) is 0 Å². The maximum atomic E-state index is 13.8. The Hall–Kier alpha value is -2.63. The van der Waals surface area contributed by atoms with Crippen LogP contribution in [0.25, 0.3) is 0 Å². The molecule has 0 atom stereocenters. The van der Waals surface area contributed by atoms with E-state index in [9.17, 15) is 9.18 Å². The fourth-order valence-electron chi connectivity index (χ4n) is 1.69. The standard InChI is InChI=1S/C15H15FN2O3/c1-3-21-14-7-4-10(9-17-14)18-15(19)12-6-5-11(20-2)8-13(12)16/h4-9H,3H2,1-2H3,(H,18,19). The van der Waals surface area contributed by atoms with Crippen LogP contribution in [0.3, 0.4) is 0 Å². The lowest BCUT2D eigenvalue weighted by Crippen LogP contribution is -2.14. The van der Waals surface area contributed by atoms with Gasteiger partial charge in [-0.1, -0.05) is 0 Å². The van der Waals surface area contributed by atoms with Crippen molar-refractivity contribution < 1.29 is 18.7 Å². The summed E-state index contributed by atoms with van der Waals surface area (Å²) < 4.78 is 23.9. The molecule has 1 N–H and O–H groups in total. The minimum Gasteiger partial charge on any atom is -0.497 e. The van der Waals surface area contributed by atoms with Crippen LogP contribution in [0.1, 0.15) is 17.3 Å². The van der Waals surface area contributed by atoms with Gasteiger partial charge in [0.1, 0.15) is 11.6 Å². The van der Waals surface area contributed by atoms with Gasteiger partial charge >= 0.3 is 0 Å². The summed E-state index contributed by atoms with van der Waals surface area (Å²) in [6.07, 6.45) is 1.45. The molecule has 2 rings (SSSR count). The summed E-state index contributed by atoms with van der Waals surface area (Å²) in [5, 5.41) is 2.57. The summed E-state index contributed by atoms with van der Waals surface area (Å²) in [5.74, 6) is -0.384. The number of methoxy groups -OCH3 is 1. The Morgan fingerprint density at radius 1 is 1.33 bits per heavy atom. The molecule has 110 valence electrons. The van der Waals surface area contributed by atoms with Gasteiger partial charge in [0, 0.05) is 12.1 Å². The summed E-state index contributed by atoms with van der Waals surface area (Å²) in [6, 6.07) is 7.31. The summed E-state index contributed by atoms with van der Waals surface area (Å²) in [4.78, 5) is 16.0. The molecule has 1 heterocycles. The van der Waals surface area contributed by atoms with Gasteiger partial charge < -0.3 is 14.8 Å². The Morgan fingerprint density at radius 2 is 2.14 bits per heavy atom. The largest absolute Gasteiger partial charge is 0.497 e. The van der Waals surface area contributed by atoms with E-state index in [-0.39, 0.29) is 5.56 Å². The maximum absolute atomic E-state index is 13.8. The van der Waals surface area contributed by atoms with Crippen LogP contribution in [0.4, 0.5) is 10.1 Å². The Kier molecular flexibility index (Phi) is 4.71. The molecule has 0 fully saturated rings. The van der Waals surface area contributed by atoms with Crippen molar-refractivity contribution in [3.8, 4) is 11.6 Å². The number of rotatable bonds is 5. The second kappa shape index (κ2) is 6.69. The number of halogens is 1. The molecule has 0 unspecified atom stereocenters. The van der Waals surface area contributed by atoms with Gasteiger partial charge in [0.15, 0.2) is 0 Å². The van der Waals surface area contributed by atoms with Crippen LogP contribution in [-0.2, 0) is 0 Å². The lowest BCUT2D eigenvalue weighted by atomic mass is 10.2. The molecule has 0 aliphatic rings. The van der Waals surface area contributed by atoms with Crippen molar-refractivity contribution in [2.45, 2.75) is 6.92 Å². The van der Waals surface area contributed by atoms with E-state index in [1.54, 1.807) is 12.1 Å². The number of pyridine rings is 1. The molecule has 0 radical (unpaired) electrons. The average molecular weight is 290 g/mol. The van der Waals surface area contributed by atoms with Gasteiger partial charge in [0.05, 0.1) is 31.2 Å². The molecule has 0 spiro atoms. The monoisotopic (exact) mass is 290 g/mol. The first-order valence-electron chi connectivity index (χ1n) is 6.37. The number of hydrogen-bond acceptors (Lipinski definition) is 4. The Morgan fingerprint density at radius 3 is 2.71 bits per heavy atom. The minimum absolute atomic E-state index is 0.0651. The Bertz CT molecular complexity index is 629. The highest BCUT2D eigenvalue weighted by Crippen LogP contribution is 2.18. The van der Waals surface area contributed by atoms with E-state index in [0.717, 1.165) is 6.07 Å². The van der Waals surface area contributed by atoms with Gasteiger partial charge in [-0.15, -0.1) is 0 Å². The summed E-state index contributed by atoms with van der Waals surface area (Å²) >= 11 is 0. The molecular formula is C15H15FN2O3. The van der Waals surface area contributed by atoms with E-state index in [1.165, 1.54) is 25.4 Å². The van der Waals surface area contributed by atoms with Crippen LogP contribution < -0.4 is 14.8 Å². The highest BCUT2D eigenvalue weighted by atomic mass is 19.1. The first kappa shape index (κ1) is 14.8. The number of ether oxygens (including phenoxy) is 2. The van der Waals surface area contributed by atoms with E-state index in [4.69, 9.17) is 9.47 Å². The molecule has 1 amide bonds. The number of carbonyl (C=O) groups excluding carboxylic acids is 1. The molecule has 2 aromatic rings. The van der Waals surface area contributed by atoms with Gasteiger partial charge in [0.25, 0.3) is 5.91 Å². The van der Waals surface area contributed by atoms with Crippen LogP contribution in [0.5, 0.6) is 11.6 Å². The summed E-state index contributed by atoms with van der Waals surface area (Å²) in [6.45, 7) is 2.36. The molecular weight excluding hydrogens is 275 g/mol. The Balaban J connectivity index is 2.10. The topological polar surface area (TPSA) is 60.5 Å². The molecule has 0 saturated heterocycles. The van der Waals surface area contributed by atoms with Crippen LogP contribution >= 0.6 is 0 Å². The van der Waals surface area contributed by atoms with Crippen molar-refractivity contribution in [3.63, 3.8) is 0 Å². The highest BCUT2D eigenvalue weighted by molar-refractivity contribution is 6.04. The predicted molar refractivity (Wildman–Crippen MR) is 76.3 cm³/mol. The number of amides is 1. The molecule has 1 aromatic carbocycles. The smallest absolute Gasteiger partial charge is 0.258 e. The Labute approximate surface area is 121 Å². The zero-order chi connectivity index (χ0) is 15.2. The minimum atomic E-state index is -0.647. The van der Waals surface area contributed by atoms with E-state index >= 15 is 0 Å². The summed E-state index contributed by atoms with van der Waals surface area (Å²) in [7, 11) is 1.43. The average Bonchev–Trinajstić information content (AvgIpc) is 2.49. The molecule has 0 bridgehead atoms. The number of aromatic nitrogens is 1. The number of anilines is 1. The van der Waals surface area contributed by atoms with Crippen molar-refractivity contribution in [2.24, 2.45) is 0 Å². The van der Waals surface area contributed by atoms with Crippen LogP contribution in [-0.4, -0.2) is 24.6 Å². The van der Waals surface area contributed by atoms with Gasteiger partial charge in [-0.3, -0.25) is 4.79 Å². The van der Waals surface area contributed by atoms with Crippen molar-refractivity contribution >= 4 is 11.6 Å². The fourth-order valence-corrected chi connectivity index (χ4v) is 1.69. The number of nitrogens with one attached hydrogen (secondary N) is 1. The second-order valence-corrected chi connectivity index (χ2v) is 4.12. The zero-order valence-electron chi connectivity index (χ0n) is 11.7. The lowest BCUT2D eigenvalue weighted by molar-refractivity contribution is 0.102. The molecule has 0 aliphatic heterocycles. The predicted octanol–water partition coefficient (Wildman–Crippen LogP) is 2.88. The van der Waals surface area contributed by atoms with Gasteiger partial charge in [0.2, 0.25) is 5.88 Å². The van der Waals surface area contributed by atoms with Crippen molar-refractivity contribution in [1.82, 2.24) is 4.98 Å². The lowest BCUT2D eigenvalue weighted by Gasteiger charge is -2.08. The van der Waals surface area contributed by atoms with Crippen LogP contribution in [0.15, 0.2) is 36.5 Å². The molecule has 1 aromatic heterocycles. The van der Waals surface area contributed by atoms with E-state index in [0.29, 0.717) is 23.9 Å². The van der Waals surface area contributed by atoms with E-state index in [2.05, 4.69) is 10.3 Å². The highest BCUT2D eigenvalue weighted by Gasteiger charge is 2.13. The van der Waals surface area contributed by atoms with E-state index in [1.807, 2.05) is 6.92 Å². The molecule has 5 nitrogen and oxygen atoms in total. The fraction of sp³-hybridized carbons (Fsp3) is 0.200. The normalized spacial score (nSPS) is 10.0. The van der Waals surface area contributed by atoms with Crippen molar-refractivity contribution in [3.05, 3.63) is 47.9 Å². The van der Waals surface area contributed by atoms with Crippen molar-refractivity contribution in [2.75, 3.05) is 19.0 Å². The molecule has 6 heteroatoms. The van der Waals surface area contributed by atoms with Gasteiger partial charge in [-0.2, -0.15) is 0 Å². The number of hydrogen-bond donors (Lipinski definition) is 1. The van der Waals surface area contributed by atoms with Crippen LogP contribution in [0, 0.1) is 5.82 Å². The first-order chi connectivity index (χ1) is 10.1. The SMILES string of the molecule is CCOc1ccc(NC(=O)c2ccc(OC)cc2F)cn1. The summed E-state index contributed by atoms with van der Waals surface area (Å²) in [5.41, 5.74) is 0.392. The quantitative estimate of drug-likeness (QED) is 0.919. The third-order valence-electron chi connectivity index (χ3n) is 2.71. The number of nitrogens with zero attached hydrogens (tertiary/aromatic N) is 1. The molecule has 0 saturated carbocycles. The van der Waals surface area contributed by atoms with E-state index < -0.39 is 11.7 Å². The third-order valence-corrected chi connectivity index (χ3v) is 2.71. The molecule has 0 aliphatic carbocycles. The second-order valence-electron chi connectivity index (χ2n) is 4.12. The maximum Gasteiger partial charge on any atom is 0.258 e. The first-order valence-corrected chi connectivity index (χ1v) is 6.37. The zero-order valence-corrected chi connectivity index (χ0v) is 11.7. The molecule has 21 heavy (non-hydrogen) atoms. The van der Waals surface area contributed by atoms with Gasteiger partial charge in [-0.05, 0) is 25.1 Å². The third kappa shape index (κ3) is 3.68. The number of carbonyl (C=O) groups is 1. The van der Waals surface area contributed by atoms with Gasteiger partial charge in [-0.25, -0.2) is 9.37 Å². The number of benzene rings is 1. The van der Waals surface area contributed by atoms with Crippen LogP contribution in [0.2, 0.25) is 0 Å².